The van der Waals surface area contributed by atoms with Crippen molar-refractivity contribution in [3.8, 4) is 0 Å². The van der Waals surface area contributed by atoms with E-state index in [2.05, 4.69) is 34.5 Å². The number of fused-ring (bicyclic) bond motifs is 1. The van der Waals surface area contributed by atoms with Gasteiger partial charge in [0.15, 0.2) is 0 Å². The monoisotopic (exact) mass is 332 g/mol. The van der Waals surface area contributed by atoms with Crippen molar-refractivity contribution in [2.45, 2.75) is 44.2 Å². The number of carbonyl (C=O) groups excluding carboxylic acids is 1. The van der Waals surface area contributed by atoms with E-state index in [9.17, 15) is 9.90 Å². The zero-order valence-corrected chi connectivity index (χ0v) is 14.2. The number of aliphatic hydroxyl groups excluding tert-OH is 1. The highest BCUT2D eigenvalue weighted by Crippen LogP contribution is 2.35. The Morgan fingerprint density at radius 2 is 2.21 bits per heavy atom. The third-order valence-electron chi connectivity index (χ3n) is 5.04. The number of carbonyl (C=O) groups is 1. The molecule has 0 spiro atoms. The molecule has 132 valence electrons. The SMILES string of the molecule is O=C(CN(CCCO)C1CCc2ccccc21)NCC1CCCO1. The summed E-state index contributed by atoms with van der Waals surface area (Å²) < 4.78 is 5.56. The zero-order valence-electron chi connectivity index (χ0n) is 14.2. The molecule has 1 amide bonds. The molecule has 1 saturated heterocycles. The number of ether oxygens (including phenoxy) is 1. The van der Waals surface area contributed by atoms with Crippen molar-refractivity contribution in [2.24, 2.45) is 0 Å². The lowest BCUT2D eigenvalue weighted by Gasteiger charge is -2.29. The summed E-state index contributed by atoms with van der Waals surface area (Å²) in [4.78, 5) is 14.6. The first kappa shape index (κ1) is 17.4. The predicted octanol–water partition coefficient (Wildman–Crippen LogP) is 1.65. The number of nitrogens with zero attached hydrogens (tertiary/aromatic N) is 1. The summed E-state index contributed by atoms with van der Waals surface area (Å²) in [6.07, 6.45) is 5.09. The van der Waals surface area contributed by atoms with E-state index >= 15 is 0 Å². The maximum Gasteiger partial charge on any atom is 0.234 e. The van der Waals surface area contributed by atoms with E-state index in [-0.39, 0.29) is 24.7 Å². The number of amides is 1. The Morgan fingerprint density at radius 3 is 3.00 bits per heavy atom. The molecule has 5 heteroatoms. The highest BCUT2D eigenvalue weighted by molar-refractivity contribution is 5.78. The average Bonchev–Trinajstić information content (AvgIpc) is 3.26. The molecule has 0 radical (unpaired) electrons. The van der Waals surface area contributed by atoms with Gasteiger partial charge < -0.3 is 15.2 Å². The molecule has 1 heterocycles. The lowest BCUT2D eigenvalue weighted by Crippen LogP contribution is -2.41. The molecule has 1 aliphatic heterocycles. The zero-order chi connectivity index (χ0) is 16.8. The molecule has 3 rings (SSSR count). The predicted molar refractivity (Wildman–Crippen MR) is 92.8 cm³/mol. The molecule has 2 atom stereocenters. The fourth-order valence-corrected chi connectivity index (χ4v) is 3.81. The fraction of sp³-hybridized carbons (Fsp3) is 0.632. The molecule has 0 bridgehead atoms. The van der Waals surface area contributed by atoms with Gasteiger partial charge in [-0.05, 0) is 43.2 Å². The molecule has 24 heavy (non-hydrogen) atoms. The third-order valence-corrected chi connectivity index (χ3v) is 5.04. The average molecular weight is 332 g/mol. The number of rotatable bonds is 8. The molecule has 5 nitrogen and oxygen atoms in total. The van der Waals surface area contributed by atoms with Gasteiger partial charge in [-0.15, -0.1) is 0 Å². The van der Waals surface area contributed by atoms with Crippen LogP contribution in [0.15, 0.2) is 24.3 Å². The molecule has 2 unspecified atom stereocenters. The van der Waals surface area contributed by atoms with Gasteiger partial charge in [-0.1, -0.05) is 24.3 Å². The van der Waals surface area contributed by atoms with E-state index in [1.54, 1.807) is 0 Å². The molecular weight excluding hydrogens is 304 g/mol. The van der Waals surface area contributed by atoms with Crippen LogP contribution in [0.1, 0.15) is 42.9 Å². The summed E-state index contributed by atoms with van der Waals surface area (Å²) in [6.45, 7) is 2.69. The fourth-order valence-electron chi connectivity index (χ4n) is 3.81. The number of hydrogen-bond donors (Lipinski definition) is 2. The quantitative estimate of drug-likeness (QED) is 0.760. The normalized spacial score (nSPS) is 22.8. The van der Waals surface area contributed by atoms with Crippen molar-refractivity contribution in [2.75, 3.05) is 32.8 Å². The van der Waals surface area contributed by atoms with E-state index in [0.29, 0.717) is 19.5 Å². The van der Waals surface area contributed by atoms with Crippen LogP contribution in [-0.4, -0.2) is 54.9 Å². The Morgan fingerprint density at radius 1 is 1.33 bits per heavy atom. The minimum Gasteiger partial charge on any atom is -0.396 e. The highest BCUT2D eigenvalue weighted by atomic mass is 16.5. The van der Waals surface area contributed by atoms with Gasteiger partial charge in [0.1, 0.15) is 0 Å². The van der Waals surface area contributed by atoms with Crippen LogP contribution < -0.4 is 5.32 Å². The van der Waals surface area contributed by atoms with Crippen molar-refractivity contribution in [1.82, 2.24) is 10.2 Å². The first-order chi connectivity index (χ1) is 11.8. The van der Waals surface area contributed by atoms with E-state index in [1.807, 2.05) is 0 Å². The van der Waals surface area contributed by atoms with Gasteiger partial charge in [-0.25, -0.2) is 0 Å². The van der Waals surface area contributed by atoms with Gasteiger partial charge in [0, 0.05) is 32.3 Å². The number of aliphatic hydroxyl groups is 1. The van der Waals surface area contributed by atoms with Gasteiger partial charge in [0.05, 0.1) is 12.6 Å². The maximum atomic E-state index is 12.4. The number of benzene rings is 1. The first-order valence-corrected chi connectivity index (χ1v) is 9.09. The van der Waals surface area contributed by atoms with Crippen LogP contribution in [0.3, 0.4) is 0 Å². The summed E-state index contributed by atoms with van der Waals surface area (Å²) in [5, 5.41) is 12.2. The largest absolute Gasteiger partial charge is 0.396 e. The number of hydrogen-bond acceptors (Lipinski definition) is 4. The van der Waals surface area contributed by atoms with Crippen molar-refractivity contribution in [1.29, 1.82) is 0 Å². The molecule has 2 N–H and O–H groups in total. The van der Waals surface area contributed by atoms with Gasteiger partial charge in [-0.2, -0.15) is 0 Å². The Bertz CT molecular complexity index is 543. The standard InChI is InChI=1S/C19H28N2O3/c22-11-4-10-21(14-19(23)20-13-16-6-3-12-24-16)18-9-8-15-5-1-2-7-17(15)18/h1-2,5,7,16,18,22H,3-4,6,8-14H2,(H,20,23). The maximum absolute atomic E-state index is 12.4. The lowest BCUT2D eigenvalue weighted by atomic mass is 10.1. The molecule has 1 aromatic rings. The van der Waals surface area contributed by atoms with E-state index in [0.717, 1.165) is 38.8 Å². The van der Waals surface area contributed by atoms with E-state index in [1.165, 1.54) is 11.1 Å². The third kappa shape index (κ3) is 4.35. The van der Waals surface area contributed by atoms with Gasteiger partial charge in [-0.3, -0.25) is 9.69 Å². The lowest BCUT2D eigenvalue weighted by molar-refractivity contribution is -0.123. The molecular formula is C19H28N2O3. The second kappa shape index (κ2) is 8.60. The van der Waals surface area contributed by atoms with Crippen molar-refractivity contribution in [3.63, 3.8) is 0 Å². The second-order valence-electron chi connectivity index (χ2n) is 6.74. The Balaban J connectivity index is 1.58. The smallest absolute Gasteiger partial charge is 0.234 e. The van der Waals surface area contributed by atoms with Crippen LogP contribution in [0, 0.1) is 0 Å². The molecule has 2 aliphatic rings. The topological polar surface area (TPSA) is 61.8 Å². The van der Waals surface area contributed by atoms with Crippen molar-refractivity contribution >= 4 is 5.91 Å². The van der Waals surface area contributed by atoms with E-state index < -0.39 is 0 Å². The molecule has 1 aliphatic carbocycles. The molecule has 0 aromatic heterocycles. The van der Waals surface area contributed by atoms with Crippen molar-refractivity contribution in [3.05, 3.63) is 35.4 Å². The molecule has 1 aromatic carbocycles. The van der Waals surface area contributed by atoms with Gasteiger partial charge >= 0.3 is 0 Å². The summed E-state index contributed by atoms with van der Waals surface area (Å²) in [7, 11) is 0. The second-order valence-corrected chi connectivity index (χ2v) is 6.74. The Labute approximate surface area is 144 Å². The van der Waals surface area contributed by atoms with Crippen LogP contribution in [0.25, 0.3) is 0 Å². The minimum atomic E-state index is 0.0489. The number of nitrogens with one attached hydrogen (secondary N) is 1. The van der Waals surface area contributed by atoms with Crippen molar-refractivity contribution < 1.29 is 14.6 Å². The summed E-state index contributed by atoms with van der Waals surface area (Å²) in [6, 6.07) is 8.77. The number of aryl methyl sites for hydroxylation is 1. The molecule has 1 fully saturated rings. The van der Waals surface area contributed by atoms with Crippen LogP contribution in [0.2, 0.25) is 0 Å². The minimum absolute atomic E-state index is 0.0489. The van der Waals surface area contributed by atoms with Crippen LogP contribution in [0.5, 0.6) is 0 Å². The molecule has 0 saturated carbocycles. The summed E-state index contributed by atoms with van der Waals surface area (Å²) in [5.41, 5.74) is 2.72. The highest BCUT2D eigenvalue weighted by Gasteiger charge is 2.28. The summed E-state index contributed by atoms with van der Waals surface area (Å²) >= 11 is 0. The van der Waals surface area contributed by atoms with Crippen LogP contribution in [-0.2, 0) is 16.0 Å². The first-order valence-electron chi connectivity index (χ1n) is 9.09. The van der Waals surface area contributed by atoms with Crippen LogP contribution in [0.4, 0.5) is 0 Å². The van der Waals surface area contributed by atoms with Gasteiger partial charge in [0.25, 0.3) is 0 Å². The van der Waals surface area contributed by atoms with Crippen LogP contribution >= 0.6 is 0 Å². The van der Waals surface area contributed by atoms with E-state index in [4.69, 9.17) is 4.74 Å². The Hall–Kier alpha value is -1.43. The Kier molecular flexibility index (Phi) is 6.24. The summed E-state index contributed by atoms with van der Waals surface area (Å²) in [5.74, 6) is 0.0489. The van der Waals surface area contributed by atoms with Gasteiger partial charge in [0.2, 0.25) is 5.91 Å².